The van der Waals surface area contributed by atoms with Crippen LogP contribution in [0.2, 0.25) is 0 Å². The predicted octanol–water partition coefficient (Wildman–Crippen LogP) is 3.83. The highest BCUT2D eigenvalue weighted by molar-refractivity contribution is 5.92. The highest BCUT2D eigenvalue weighted by Crippen LogP contribution is 2.19. The molecule has 5 heteroatoms. The maximum Gasteiger partial charge on any atom is 0.310 e. The van der Waals surface area contributed by atoms with Crippen LogP contribution >= 0.6 is 0 Å². The van der Waals surface area contributed by atoms with Crippen LogP contribution in [0.3, 0.4) is 0 Å². The van der Waals surface area contributed by atoms with Gasteiger partial charge in [-0.05, 0) is 42.7 Å². The van der Waals surface area contributed by atoms with Crippen molar-refractivity contribution in [3.63, 3.8) is 0 Å². The van der Waals surface area contributed by atoms with E-state index in [0.717, 1.165) is 0 Å². The third-order valence-electron chi connectivity index (χ3n) is 3.98. The highest BCUT2D eigenvalue weighted by Gasteiger charge is 2.17. The first kappa shape index (κ1) is 17.7. The van der Waals surface area contributed by atoms with E-state index in [1.165, 1.54) is 6.07 Å². The van der Waals surface area contributed by atoms with E-state index in [4.69, 9.17) is 5.11 Å². The summed E-state index contributed by atoms with van der Waals surface area (Å²) in [5.41, 5.74) is 1.76. The molecule has 0 aliphatic rings. The van der Waals surface area contributed by atoms with E-state index in [0.29, 0.717) is 23.2 Å². The molecule has 0 fully saturated rings. The number of nitrogens with one attached hydrogen (secondary N) is 1. The number of carboxylic acid groups (broad SMARTS) is 1. The minimum Gasteiger partial charge on any atom is -0.481 e. The fourth-order valence-corrected chi connectivity index (χ4v) is 2.35. The van der Waals surface area contributed by atoms with Crippen LogP contribution in [0.5, 0.6) is 0 Å². The Labute approximate surface area is 140 Å². The normalized spacial score (nSPS) is 13.1. The van der Waals surface area contributed by atoms with Gasteiger partial charge in [-0.3, -0.25) is 9.59 Å². The average Bonchev–Trinajstić information content (AvgIpc) is 2.56. The van der Waals surface area contributed by atoms with Gasteiger partial charge in [0, 0.05) is 11.6 Å². The lowest BCUT2D eigenvalue weighted by Gasteiger charge is -2.13. The Morgan fingerprint density at radius 1 is 1.08 bits per heavy atom. The number of halogens is 1. The van der Waals surface area contributed by atoms with E-state index in [1.807, 2.05) is 0 Å². The number of hydrogen-bond acceptors (Lipinski definition) is 2. The zero-order chi connectivity index (χ0) is 17.7. The molecule has 0 aliphatic carbocycles. The molecule has 0 spiro atoms. The molecule has 1 amide bonds. The van der Waals surface area contributed by atoms with Crippen molar-refractivity contribution in [3.05, 3.63) is 65.5 Å². The van der Waals surface area contributed by atoms with Gasteiger partial charge in [0.1, 0.15) is 5.82 Å². The number of hydrogen-bond donors (Lipinski definition) is 2. The van der Waals surface area contributed by atoms with Gasteiger partial charge >= 0.3 is 5.97 Å². The van der Waals surface area contributed by atoms with Crippen molar-refractivity contribution in [2.75, 3.05) is 5.32 Å². The summed E-state index contributed by atoms with van der Waals surface area (Å²) in [5.74, 6) is -2.42. The first-order chi connectivity index (χ1) is 11.4. The maximum atomic E-state index is 13.6. The molecule has 0 heterocycles. The Morgan fingerprint density at radius 3 is 2.29 bits per heavy atom. The number of anilines is 1. The molecule has 0 bridgehead atoms. The van der Waals surface area contributed by atoms with Crippen molar-refractivity contribution in [3.8, 4) is 0 Å². The molecule has 2 atom stereocenters. The summed E-state index contributed by atoms with van der Waals surface area (Å²) in [5, 5.41) is 11.8. The minimum atomic E-state index is -0.898. The van der Waals surface area contributed by atoms with E-state index >= 15 is 0 Å². The molecule has 0 saturated heterocycles. The number of rotatable bonds is 6. The topological polar surface area (TPSA) is 66.4 Å². The number of amides is 1. The molecule has 2 aromatic rings. The fourth-order valence-electron chi connectivity index (χ4n) is 2.35. The summed E-state index contributed by atoms with van der Waals surface area (Å²) in [4.78, 5) is 23.2. The molecule has 24 heavy (non-hydrogen) atoms. The van der Waals surface area contributed by atoms with Crippen molar-refractivity contribution in [2.45, 2.75) is 26.2 Å². The van der Waals surface area contributed by atoms with E-state index in [1.54, 1.807) is 56.3 Å². The Hall–Kier alpha value is -2.69. The molecule has 126 valence electrons. The molecule has 0 aliphatic heterocycles. The van der Waals surface area contributed by atoms with Gasteiger partial charge in [-0.15, -0.1) is 0 Å². The number of aliphatic carboxylic acids is 1. The van der Waals surface area contributed by atoms with Crippen molar-refractivity contribution in [2.24, 2.45) is 5.92 Å². The molecule has 2 N–H and O–H groups in total. The Morgan fingerprint density at radius 2 is 1.71 bits per heavy atom. The first-order valence-corrected chi connectivity index (χ1v) is 7.75. The SMILES string of the molecule is CC(Cc1ccccc1F)C(=O)Nc1ccc(C(C)C(=O)O)cc1. The Bertz CT molecular complexity index is 728. The third kappa shape index (κ3) is 4.41. The lowest BCUT2D eigenvalue weighted by atomic mass is 9.99. The van der Waals surface area contributed by atoms with Gasteiger partial charge in [0.05, 0.1) is 5.92 Å². The van der Waals surface area contributed by atoms with Crippen LogP contribution in [0.4, 0.5) is 10.1 Å². The van der Waals surface area contributed by atoms with Crippen LogP contribution in [-0.2, 0) is 16.0 Å². The second kappa shape index (κ2) is 7.73. The average molecular weight is 329 g/mol. The van der Waals surface area contributed by atoms with Gasteiger partial charge in [-0.2, -0.15) is 0 Å². The lowest BCUT2D eigenvalue weighted by molar-refractivity contribution is -0.138. The standard InChI is InChI=1S/C19H20FNO3/c1-12(11-15-5-3-4-6-17(15)20)18(22)21-16-9-7-14(8-10-16)13(2)19(23)24/h3-10,12-13H,11H2,1-2H3,(H,21,22)(H,23,24). The summed E-state index contributed by atoms with van der Waals surface area (Å²) in [7, 11) is 0. The Kier molecular flexibility index (Phi) is 5.68. The van der Waals surface area contributed by atoms with Crippen LogP contribution in [0.1, 0.15) is 30.9 Å². The summed E-state index contributed by atoms with van der Waals surface area (Å²) in [6.07, 6.45) is 0.312. The van der Waals surface area contributed by atoms with Crippen molar-refractivity contribution in [1.82, 2.24) is 0 Å². The van der Waals surface area contributed by atoms with Crippen molar-refractivity contribution < 1.29 is 19.1 Å². The predicted molar refractivity (Wildman–Crippen MR) is 90.4 cm³/mol. The number of benzene rings is 2. The summed E-state index contributed by atoms with van der Waals surface area (Å²) < 4.78 is 13.6. The molecule has 2 unspecified atom stereocenters. The maximum absolute atomic E-state index is 13.6. The van der Waals surface area contributed by atoms with Crippen LogP contribution < -0.4 is 5.32 Å². The minimum absolute atomic E-state index is 0.211. The zero-order valence-corrected chi connectivity index (χ0v) is 13.6. The Balaban J connectivity index is 1.99. The van der Waals surface area contributed by atoms with E-state index in [2.05, 4.69) is 5.32 Å². The van der Waals surface area contributed by atoms with Gasteiger partial charge in [0.15, 0.2) is 0 Å². The largest absolute Gasteiger partial charge is 0.481 e. The second-order valence-corrected chi connectivity index (χ2v) is 5.87. The van der Waals surface area contributed by atoms with Crippen molar-refractivity contribution >= 4 is 17.6 Å². The second-order valence-electron chi connectivity index (χ2n) is 5.87. The quantitative estimate of drug-likeness (QED) is 0.846. The van der Waals surface area contributed by atoms with E-state index in [9.17, 15) is 14.0 Å². The first-order valence-electron chi connectivity index (χ1n) is 7.75. The van der Waals surface area contributed by atoms with Gasteiger partial charge in [0.25, 0.3) is 0 Å². The molecular formula is C19H20FNO3. The van der Waals surface area contributed by atoms with Gasteiger partial charge in [-0.1, -0.05) is 37.3 Å². The molecule has 2 aromatic carbocycles. The number of carboxylic acids is 1. The van der Waals surface area contributed by atoms with Gasteiger partial charge < -0.3 is 10.4 Å². The van der Waals surface area contributed by atoms with Crippen molar-refractivity contribution in [1.29, 1.82) is 0 Å². The molecule has 4 nitrogen and oxygen atoms in total. The summed E-state index contributed by atoms with van der Waals surface area (Å²) in [6.45, 7) is 3.34. The van der Waals surface area contributed by atoms with Crippen LogP contribution in [0, 0.1) is 11.7 Å². The number of carbonyl (C=O) groups is 2. The van der Waals surface area contributed by atoms with E-state index < -0.39 is 11.9 Å². The van der Waals surface area contributed by atoms with Crippen LogP contribution in [-0.4, -0.2) is 17.0 Å². The number of carbonyl (C=O) groups excluding carboxylic acids is 1. The fraction of sp³-hybridized carbons (Fsp3) is 0.263. The van der Waals surface area contributed by atoms with Crippen LogP contribution in [0.25, 0.3) is 0 Å². The molecule has 0 saturated carbocycles. The van der Waals surface area contributed by atoms with Gasteiger partial charge in [-0.25, -0.2) is 4.39 Å². The molecule has 0 radical (unpaired) electrons. The van der Waals surface area contributed by atoms with Crippen LogP contribution in [0.15, 0.2) is 48.5 Å². The lowest BCUT2D eigenvalue weighted by Crippen LogP contribution is -2.22. The highest BCUT2D eigenvalue weighted by atomic mass is 19.1. The third-order valence-corrected chi connectivity index (χ3v) is 3.98. The smallest absolute Gasteiger partial charge is 0.310 e. The molecule has 2 rings (SSSR count). The monoisotopic (exact) mass is 329 g/mol. The van der Waals surface area contributed by atoms with E-state index in [-0.39, 0.29) is 17.6 Å². The summed E-state index contributed by atoms with van der Waals surface area (Å²) >= 11 is 0. The summed E-state index contributed by atoms with van der Waals surface area (Å²) in [6, 6.07) is 13.1. The van der Waals surface area contributed by atoms with Gasteiger partial charge in [0.2, 0.25) is 5.91 Å². The molecule has 0 aromatic heterocycles. The molecular weight excluding hydrogens is 309 g/mol. The zero-order valence-electron chi connectivity index (χ0n) is 13.6.